The summed E-state index contributed by atoms with van der Waals surface area (Å²) >= 11 is 7.11. The number of halogens is 1. The van der Waals surface area contributed by atoms with Crippen LogP contribution in [0.15, 0.2) is 17.0 Å². The maximum Gasteiger partial charge on any atom is 0.133 e. The summed E-state index contributed by atoms with van der Waals surface area (Å²) in [4.78, 5) is 0. The lowest BCUT2D eigenvalue weighted by Gasteiger charge is -1.94. The van der Waals surface area contributed by atoms with Crippen LogP contribution in [0.3, 0.4) is 0 Å². The maximum absolute atomic E-state index is 8.60. The lowest BCUT2D eigenvalue weighted by molar-refractivity contribution is 1.45. The van der Waals surface area contributed by atoms with Crippen molar-refractivity contribution in [1.29, 1.82) is 10.5 Å². The molecule has 0 bridgehead atoms. The van der Waals surface area contributed by atoms with E-state index in [1.165, 1.54) is 11.3 Å². The first kappa shape index (κ1) is 9.80. The van der Waals surface area contributed by atoms with Crippen LogP contribution < -0.4 is 0 Å². The monoisotopic (exact) mass is 208 g/mol. The predicted molar refractivity (Wildman–Crippen MR) is 53.1 cm³/mol. The van der Waals surface area contributed by atoms with E-state index < -0.39 is 0 Å². The molecule has 64 valence electrons. The molecule has 0 fully saturated rings. The van der Waals surface area contributed by atoms with E-state index in [2.05, 4.69) is 0 Å². The fourth-order valence-electron chi connectivity index (χ4n) is 0.844. The van der Waals surface area contributed by atoms with Crippen LogP contribution in [0.5, 0.6) is 0 Å². The average Bonchev–Trinajstić information content (AvgIpc) is 2.54. The summed E-state index contributed by atoms with van der Waals surface area (Å²) in [5.41, 5.74) is 1.65. The minimum atomic E-state index is 0.134. The topological polar surface area (TPSA) is 47.6 Å². The van der Waals surface area contributed by atoms with E-state index in [1.54, 1.807) is 13.0 Å². The molecule has 0 unspecified atom stereocenters. The van der Waals surface area contributed by atoms with Crippen LogP contribution in [0.4, 0.5) is 0 Å². The summed E-state index contributed by atoms with van der Waals surface area (Å²) in [7, 11) is 0. The van der Waals surface area contributed by atoms with Crippen molar-refractivity contribution in [2.24, 2.45) is 0 Å². The Morgan fingerprint density at radius 1 is 1.46 bits per heavy atom. The lowest BCUT2D eigenvalue weighted by Crippen LogP contribution is -1.80. The Balaban J connectivity index is 3.19. The fourth-order valence-corrected chi connectivity index (χ4v) is 1.77. The van der Waals surface area contributed by atoms with Gasteiger partial charge in [-0.15, -0.1) is 11.3 Å². The van der Waals surface area contributed by atoms with Gasteiger partial charge in [-0.05, 0) is 29.5 Å². The van der Waals surface area contributed by atoms with Crippen molar-refractivity contribution in [3.8, 4) is 12.1 Å². The standard InChI is InChI=1S/C9H5ClN2S/c1-6(8(3-11)4-12)7-2-9(10)13-5-7/h2,5H,1H3. The molecule has 0 aliphatic carbocycles. The number of rotatable bonds is 1. The van der Waals surface area contributed by atoms with Gasteiger partial charge in [0.25, 0.3) is 0 Å². The molecule has 0 N–H and O–H groups in total. The van der Waals surface area contributed by atoms with Gasteiger partial charge in [0.15, 0.2) is 0 Å². The number of hydrogen-bond donors (Lipinski definition) is 0. The molecule has 4 heteroatoms. The molecule has 0 saturated heterocycles. The van der Waals surface area contributed by atoms with E-state index in [9.17, 15) is 0 Å². The molecule has 0 radical (unpaired) electrons. The van der Waals surface area contributed by atoms with Gasteiger partial charge >= 0.3 is 0 Å². The summed E-state index contributed by atoms with van der Waals surface area (Å²) in [5.74, 6) is 0. The summed E-state index contributed by atoms with van der Waals surface area (Å²) in [6.07, 6.45) is 0. The third-order valence-corrected chi connectivity index (χ3v) is 2.69. The first-order valence-electron chi connectivity index (χ1n) is 3.44. The molecule has 0 amide bonds. The molecule has 0 saturated carbocycles. The largest absolute Gasteiger partial charge is 0.192 e. The molecular formula is C9H5ClN2S. The third-order valence-electron chi connectivity index (χ3n) is 1.60. The van der Waals surface area contributed by atoms with Crippen molar-refractivity contribution in [3.63, 3.8) is 0 Å². The van der Waals surface area contributed by atoms with Crippen LogP contribution >= 0.6 is 22.9 Å². The molecule has 0 atom stereocenters. The quantitative estimate of drug-likeness (QED) is 0.666. The average molecular weight is 209 g/mol. The number of nitrogens with zero attached hydrogens (tertiary/aromatic N) is 2. The Bertz CT molecular complexity index is 415. The van der Waals surface area contributed by atoms with E-state index in [4.69, 9.17) is 22.1 Å². The number of thiophene rings is 1. The Hall–Kier alpha value is -1.29. The van der Waals surface area contributed by atoms with Gasteiger partial charge in [-0.2, -0.15) is 10.5 Å². The zero-order valence-electron chi connectivity index (χ0n) is 6.84. The SMILES string of the molecule is CC(=C(C#N)C#N)c1csc(Cl)c1. The summed E-state index contributed by atoms with van der Waals surface area (Å²) < 4.78 is 0.657. The molecule has 13 heavy (non-hydrogen) atoms. The molecule has 0 aliphatic rings. The highest BCUT2D eigenvalue weighted by Gasteiger charge is 2.05. The Labute approximate surface area is 85.3 Å². The highest BCUT2D eigenvalue weighted by molar-refractivity contribution is 7.14. The van der Waals surface area contributed by atoms with Crippen molar-refractivity contribution in [1.82, 2.24) is 0 Å². The minimum absolute atomic E-state index is 0.134. The normalized spacial score (nSPS) is 8.62. The van der Waals surface area contributed by atoms with E-state index >= 15 is 0 Å². The zero-order chi connectivity index (χ0) is 9.84. The van der Waals surface area contributed by atoms with E-state index in [0.29, 0.717) is 9.91 Å². The lowest BCUT2D eigenvalue weighted by atomic mass is 10.1. The zero-order valence-corrected chi connectivity index (χ0v) is 8.41. The highest BCUT2D eigenvalue weighted by Crippen LogP contribution is 2.26. The first-order valence-corrected chi connectivity index (χ1v) is 4.70. The summed E-state index contributed by atoms with van der Waals surface area (Å²) in [6.45, 7) is 1.74. The molecule has 1 aromatic heterocycles. The number of hydrogen-bond acceptors (Lipinski definition) is 3. The van der Waals surface area contributed by atoms with Crippen molar-refractivity contribution >= 4 is 28.5 Å². The van der Waals surface area contributed by atoms with E-state index in [0.717, 1.165) is 5.56 Å². The molecule has 1 rings (SSSR count). The molecule has 0 aliphatic heterocycles. The van der Waals surface area contributed by atoms with Gasteiger partial charge in [0.2, 0.25) is 0 Å². The summed E-state index contributed by atoms with van der Waals surface area (Å²) in [5, 5.41) is 19.0. The Kier molecular flexibility index (Phi) is 3.08. The maximum atomic E-state index is 8.60. The van der Waals surface area contributed by atoms with Gasteiger partial charge in [0.1, 0.15) is 17.7 Å². The van der Waals surface area contributed by atoms with Crippen LogP contribution in [-0.2, 0) is 0 Å². The van der Waals surface area contributed by atoms with Crippen molar-refractivity contribution < 1.29 is 0 Å². The van der Waals surface area contributed by atoms with Crippen LogP contribution in [0, 0.1) is 22.7 Å². The second-order valence-electron chi connectivity index (χ2n) is 2.36. The first-order chi connectivity index (χ1) is 6.19. The van der Waals surface area contributed by atoms with Crippen molar-refractivity contribution in [2.75, 3.05) is 0 Å². The number of allylic oxidation sites excluding steroid dienone is 2. The second kappa shape index (κ2) is 4.09. The van der Waals surface area contributed by atoms with Crippen LogP contribution in [0.2, 0.25) is 4.34 Å². The second-order valence-corrected chi connectivity index (χ2v) is 3.91. The van der Waals surface area contributed by atoms with Gasteiger partial charge in [0.05, 0.1) is 4.34 Å². The summed E-state index contributed by atoms with van der Waals surface area (Å²) in [6, 6.07) is 5.42. The van der Waals surface area contributed by atoms with Crippen molar-refractivity contribution in [3.05, 3.63) is 26.9 Å². The van der Waals surface area contributed by atoms with Gasteiger partial charge in [-0.3, -0.25) is 0 Å². The van der Waals surface area contributed by atoms with Crippen molar-refractivity contribution in [2.45, 2.75) is 6.92 Å². The molecule has 1 heterocycles. The highest BCUT2D eigenvalue weighted by atomic mass is 35.5. The Morgan fingerprint density at radius 2 is 2.08 bits per heavy atom. The molecule has 0 aromatic carbocycles. The third kappa shape index (κ3) is 2.09. The molecule has 0 spiro atoms. The number of nitriles is 2. The Morgan fingerprint density at radius 3 is 2.46 bits per heavy atom. The van der Waals surface area contributed by atoms with Gasteiger partial charge in [0, 0.05) is 0 Å². The van der Waals surface area contributed by atoms with Crippen LogP contribution in [0.25, 0.3) is 5.57 Å². The molecular weight excluding hydrogens is 204 g/mol. The van der Waals surface area contributed by atoms with Crippen LogP contribution in [-0.4, -0.2) is 0 Å². The minimum Gasteiger partial charge on any atom is -0.192 e. The molecule has 1 aromatic rings. The van der Waals surface area contributed by atoms with E-state index in [1.807, 2.05) is 17.5 Å². The predicted octanol–water partition coefficient (Wildman–Crippen LogP) is 3.22. The van der Waals surface area contributed by atoms with E-state index in [-0.39, 0.29) is 5.57 Å². The van der Waals surface area contributed by atoms with Gasteiger partial charge < -0.3 is 0 Å². The fraction of sp³-hybridized carbons (Fsp3) is 0.111. The van der Waals surface area contributed by atoms with Gasteiger partial charge in [-0.1, -0.05) is 11.6 Å². The van der Waals surface area contributed by atoms with Crippen LogP contribution in [0.1, 0.15) is 12.5 Å². The smallest absolute Gasteiger partial charge is 0.133 e. The molecule has 2 nitrogen and oxygen atoms in total. The van der Waals surface area contributed by atoms with Gasteiger partial charge in [-0.25, -0.2) is 0 Å².